The van der Waals surface area contributed by atoms with Crippen LogP contribution in [-0.4, -0.2) is 27.1 Å². The third-order valence-corrected chi connectivity index (χ3v) is 6.07. The number of hydrogen-bond acceptors (Lipinski definition) is 6. The molecule has 1 aromatic heterocycles. The van der Waals surface area contributed by atoms with Crippen LogP contribution in [-0.2, 0) is 9.05 Å². The van der Waals surface area contributed by atoms with E-state index in [4.69, 9.17) is 20.2 Å². The minimum atomic E-state index is -3.78. The second-order valence-corrected chi connectivity index (χ2v) is 7.89. The van der Waals surface area contributed by atoms with E-state index in [9.17, 15) is 8.42 Å². The van der Waals surface area contributed by atoms with Crippen molar-refractivity contribution in [1.29, 1.82) is 0 Å². The summed E-state index contributed by atoms with van der Waals surface area (Å²) in [5, 5.41) is 0.563. The van der Waals surface area contributed by atoms with Gasteiger partial charge in [-0.1, -0.05) is 0 Å². The summed E-state index contributed by atoms with van der Waals surface area (Å²) in [6.07, 6.45) is 0. The minimum absolute atomic E-state index is 0.0621. The fourth-order valence-electron chi connectivity index (χ4n) is 1.81. The Hall–Kier alpha value is -1.31. The molecule has 0 bridgehead atoms. The predicted molar refractivity (Wildman–Crippen MR) is 83.0 cm³/mol. The zero-order valence-electron chi connectivity index (χ0n) is 11.7. The molecule has 2 aromatic rings. The number of aryl methyl sites for hydroxylation is 1. The smallest absolute Gasteiger partial charge is 0.272 e. The maximum atomic E-state index is 11.5. The standard InChI is InChI=1S/C13H14ClNO4S2/c1-4-19-10-6-5-9(7-11(10)18-3)12-15-8(2)13(20-12)21(14,16)17/h5-7H,4H2,1-3H3. The van der Waals surface area contributed by atoms with E-state index < -0.39 is 9.05 Å². The molecule has 2 rings (SSSR count). The molecule has 0 N–H and O–H groups in total. The Bertz CT molecular complexity index is 756. The van der Waals surface area contributed by atoms with Crippen LogP contribution in [0, 0.1) is 6.92 Å². The van der Waals surface area contributed by atoms with E-state index in [2.05, 4.69) is 4.98 Å². The van der Waals surface area contributed by atoms with Crippen molar-refractivity contribution >= 4 is 31.1 Å². The van der Waals surface area contributed by atoms with E-state index in [1.807, 2.05) is 6.92 Å². The second kappa shape index (κ2) is 6.21. The van der Waals surface area contributed by atoms with Gasteiger partial charge in [-0.2, -0.15) is 0 Å². The zero-order chi connectivity index (χ0) is 15.6. The third kappa shape index (κ3) is 3.48. The number of rotatable bonds is 5. The molecule has 0 unspecified atom stereocenters. The first-order valence-electron chi connectivity index (χ1n) is 6.10. The average molecular weight is 348 g/mol. The highest BCUT2D eigenvalue weighted by Crippen LogP contribution is 2.37. The van der Waals surface area contributed by atoms with Gasteiger partial charge in [-0.15, -0.1) is 11.3 Å². The summed E-state index contributed by atoms with van der Waals surface area (Å²) in [4.78, 5) is 4.26. The highest BCUT2D eigenvalue weighted by atomic mass is 35.7. The van der Waals surface area contributed by atoms with Crippen molar-refractivity contribution in [3.8, 4) is 22.1 Å². The molecule has 0 spiro atoms. The molecular formula is C13H14ClNO4S2. The number of thiazole rings is 1. The van der Waals surface area contributed by atoms with E-state index in [1.165, 1.54) is 0 Å². The molecule has 0 saturated carbocycles. The van der Waals surface area contributed by atoms with Gasteiger partial charge >= 0.3 is 0 Å². The molecule has 0 amide bonds. The lowest BCUT2D eigenvalue weighted by molar-refractivity contribution is 0.311. The lowest BCUT2D eigenvalue weighted by Gasteiger charge is -2.09. The molecule has 114 valence electrons. The number of ether oxygens (including phenoxy) is 2. The van der Waals surface area contributed by atoms with Gasteiger partial charge in [0.15, 0.2) is 15.7 Å². The van der Waals surface area contributed by atoms with Crippen LogP contribution >= 0.6 is 22.0 Å². The van der Waals surface area contributed by atoms with Crippen LogP contribution in [0.2, 0.25) is 0 Å². The number of halogens is 1. The first-order chi connectivity index (χ1) is 9.86. The average Bonchev–Trinajstić information content (AvgIpc) is 2.81. The molecule has 5 nitrogen and oxygen atoms in total. The van der Waals surface area contributed by atoms with Crippen LogP contribution in [0.25, 0.3) is 10.6 Å². The fourth-order valence-corrected chi connectivity index (χ4v) is 4.26. The summed E-state index contributed by atoms with van der Waals surface area (Å²) in [6, 6.07) is 5.33. The van der Waals surface area contributed by atoms with Gasteiger partial charge in [0.2, 0.25) is 0 Å². The van der Waals surface area contributed by atoms with E-state index in [-0.39, 0.29) is 4.21 Å². The van der Waals surface area contributed by atoms with Gasteiger partial charge in [0.25, 0.3) is 9.05 Å². The van der Waals surface area contributed by atoms with Crippen molar-refractivity contribution in [3.05, 3.63) is 23.9 Å². The van der Waals surface area contributed by atoms with Gasteiger partial charge in [0, 0.05) is 16.2 Å². The molecule has 0 aliphatic carbocycles. The van der Waals surface area contributed by atoms with Crippen LogP contribution in [0.1, 0.15) is 12.6 Å². The van der Waals surface area contributed by atoms with E-state index in [0.29, 0.717) is 28.8 Å². The Balaban J connectivity index is 2.48. The minimum Gasteiger partial charge on any atom is -0.493 e. The van der Waals surface area contributed by atoms with Crippen molar-refractivity contribution in [2.24, 2.45) is 0 Å². The molecule has 8 heteroatoms. The first-order valence-corrected chi connectivity index (χ1v) is 9.22. The highest BCUT2D eigenvalue weighted by molar-refractivity contribution is 8.15. The molecule has 0 atom stereocenters. The van der Waals surface area contributed by atoms with Crippen LogP contribution in [0.3, 0.4) is 0 Å². The highest BCUT2D eigenvalue weighted by Gasteiger charge is 2.20. The summed E-state index contributed by atoms with van der Waals surface area (Å²) < 4.78 is 33.7. The lowest BCUT2D eigenvalue weighted by atomic mass is 10.2. The number of hydrogen-bond donors (Lipinski definition) is 0. The molecule has 0 aliphatic rings. The van der Waals surface area contributed by atoms with Crippen molar-refractivity contribution < 1.29 is 17.9 Å². The van der Waals surface area contributed by atoms with E-state index in [0.717, 1.165) is 16.9 Å². The molecular weight excluding hydrogens is 334 g/mol. The monoisotopic (exact) mass is 347 g/mol. The maximum Gasteiger partial charge on any atom is 0.272 e. The molecule has 0 saturated heterocycles. The molecule has 0 radical (unpaired) electrons. The van der Waals surface area contributed by atoms with Gasteiger partial charge in [-0.25, -0.2) is 13.4 Å². The largest absolute Gasteiger partial charge is 0.493 e. The van der Waals surface area contributed by atoms with Gasteiger partial charge < -0.3 is 9.47 Å². The SMILES string of the molecule is CCOc1ccc(-c2nc(C)c(S(=O)(=O)Cl)s2)cc1OC. The fraction of sp³-hybridized carbons (Fsp3) is 0.308. The number of nitrogens with zero attached hydrogens (tertiary/aromatic N) is 1. The molecule has 1 heterocycles. The molecule has 0 aliphatic heterocycles. The van der Waals surface area contributed by atoms with Gasteiger partial charge in [0.05, 0.1) is 19.4 Å². The van der Waals surface area contributed by atoms with Crippen LogP contribution < -0.4 is 9.47 Å². The Kier molecular flexibility index (Phi) is 4.75. The summed E-state index contributed by atoms with van der Waals surface area (Å²) in [5.41, 5.74) is 1.13. The Labute approximate surface area is 131 Å². The molecule has 0 fully saturated rings. The normalized spacial score (nSPS) is 11.4. The van der Waals surface area contributed by atoms with Crippen LogP contribution in [0.4, 0.5) is 0 Å². The second-order valence-electron chi connectivity index (χ2n) is 4.13. The summed E-state index contributed by atoms with van der Waals surface area (Å²) >= 11 is 1.03. The Morgan fingerprint density at radius 2 is 2.05 bits per heavy atom. The quantitative estimate of drug-likeness (QED) is 0.775. The van der Waals surface area contributed by atoms with Gasteiger partial charge in [-0.05, 0) is 32.0 Å². The Morgan fingerprint density at radius 3 is 2.57 bits per heavy atom. The summed E-state index contributed by atoms with van der Waals surface area (Å²) in [5.74, 6) is 1.19. The third-order valence-electron chi connectivity index (χ3n) is 2.69. The number of methoxy groups -OCH3 is 1. The van der Waals surface area contributed by atoms with Crippen molar-refractivity contribution in [3.63, 3.8) is 0 Å². The topological polar surface area (TPSA) is 65.5 Å². The summed E-state index contributed by atoms with van der Waals surface area (Å²) in [6.45, 7) is 4.02. The Morgan fingerprint density at radius 1 is 1.33 bits per heavy atom. The van der Waals surface area contributed by atoms with Crippen LogP contribution in [0.5, 0.6) is 11.5 Å². The zero-order valence-corrected chi connectivity index (χ0v) is 14.1. The molecule has 1 aromatic carbocycles. The number of benzene rings is 1. The van der Waals surface area contributed by atoms with Crippen molar-refractivity contribution in [2.75, 3.05) is 13.7 Å². The summed E-state index contributed by atoms with van der Waals surface area (Å²) in [7, 11) is 3.15. The predicted octanol–water partition coefficient (Wildman–Crippen LogP) is 3.45. The van der Waals surface area contributed by atoms with E-state index >= 15 is 0 Å². The first kappa shape index (κ1) is 16.1. The van der Waals surface area contributed by atoms with Crippen LogP contribution in [0.15, 0.2) is 22.4 Å². The van der Waals surface area contributed by atoms with Crippen molar-refractivity contribution in [2.45, 2.75) is 18.1 Å². The molecule has 21 heavy (non-hydrogen) atoms. The van der Waals surface area contributed by atoms with E-state index in [1.54, 1.807) is 32.2 Å². The lowest BCUT2D eigenvalue weighted by Crippen LogP contribution is -1.95. The van der Waals surface area contributed by atoms with Gasteiger partial charge in [0.1, 0.15) is 5.01 Å². The van der Waals surface area contributed by atoms with Gasteiger partial charge in [-0.3, -0.25) is 0 Å². The van der Waals surface area contributed by atoms with Crippen molar-refractivity contribution in [1.82, 2.24) is 4.98 Å². The number of aromatic nitrogens is 1. The maximum absolute atomic E-state index is 11.5.